The van der Waals surface area contributed by atoms with Crippen molar-refractivity contribution in [3.63, 3.8) is 0 Å². The van der Waals surface area contributed by atoms with Crippen molar-refractivity contribution in [2.45, 2.75) is 84.1 Å². The maximum absolute atomic E-state index is 13.3. The minimum absolute atomic E-state index is 0.0540. The van der Waals surface area contributed by atoms with Crippen LogP contribution in [-0.4, -0.2) is 50.2 Å². The minimum Gasteiger partial charge on any atom is -0.518 e. The molecule has 32 heavy (non-hydrogen) atoms. The molecule has 184 valence electrons. The van der Waals surface area contributed by atoms with E-state index in [1.54, 1.807) is 14.2 Å². The number of para-hydroxylation sites is 1. The summed E-state index contributed by atoms with van der Waals surface area (Å²) in [6.07, 6.45) is 0.948. The van der Waals surface area contributed by atoms with Crippen molar-refractivity contribution in [3.8, 4) is 0 Å². The van der Waals surface area contributed by atoms with Gasteiger partial charge in [0, 0.05) is 33.0 Å². The van der Waals surface area contributed by atoms with Crippen molar-refractivity contribution in [1.29, 1.82) is 0 Å². The zero-order chi connectivity index (χ0) is 24.5. The highest BCUT2D eigenvalue weighted by Gasteiger charge is 2.48. The molecule has 0 aromatic heterocycles. The Bertz CT molecular complexity index is 656. The van der Waals surface area contributed by atoms with Gasteiger partial charge in [0.1, 0.15) is 0 Å². The number of anilines is 1. The summed E-state index contributed by atoms with van der Waals surface area (Å²) in [5.74, 6) is -0.256. The fourth-order valence-electron chi connectivity index (χ4n) is 4.88. The molecule has 0 aliphatic carbocycles. The van der Waals surface area contributed by atoms with E-state index in [1.807, 2.05) is 25.1 Å². The van der Waals surface area contributed by atoms with Crippen LogP contribution in [0.2, 0.25) is 29.2 Å². The molecule has 5 nitrogen and oxygen atoms in total. The van der Waals surface area contributed by atoms with Crippen LogP contribution in [0.25, 0.3) is 0 Å². The Labute approximate surface area is 199 Å². The third-order valence-electron chi connectivity index (χ3n) is 6.92. The zero-order valence-electron chi connectivity index (χ0n) is 22.1. The molecule has 1 rings (SSSR count). The van der Waals surface area contributed by atoms with Crippen LogP contribution in [0, 0.1) is 5.92 Å². The van der Waals surface area contributed by atoms with Gasteiger partial charge < -0.3 is 18.2 Å². The maximum Gasteiger partial charge on any atom is 0.334 e. The molecule has 1 unspecified atom stereocenters. The normalized spacial score (nSPS) is 13.7. The molecule has 1 aromatic carbocycles. The van der Waals surface area contributed by atoms with E-state index in [4.69, 9.17) is 13.3 Å². The fourth-order valence-corrected chi connectivity index (χ4v) is 11.5. The summed E-state index contributed by atoms with van der Waals surface area (Å²) >= 11 is 0. The third kappa shape index (κ3) is 7.43. The van der Waals surface area contributed by atoms with E-state index in [2.05, 4.69) is 65.1 Å². The van der Waals surface area contributed by atoms with Gasteiger partial charge in [0.2, 0.25) is 0 Å². The van der Waals surface area contributed by atoms with E-state index in [9.17, 15) is 4.79 Å². The lowest BCUT2D eigenvalue weighted by molar-refractivity contribution is -0.139. The van der Waals surface area contributed by atoms with Gasteiger partial charge in [0.15, 0.2) is 0 Å². The number of rotatable bonds is 14. The van der Waals surface area contributed by atoms with Gasteiger partial charge in [-0.1, -0.05) is 66.7 Å². The summed E-state index contributed by atoms with van der Waals surface area (Å²) in [6, 6.07) is 11.2. The van der Waals surface area contributed by atoms with Crippen molar-refractivity contribution < 1.29 is 18.1 Å². The number of carbonyl (C=O) groups excluding carboxylic acids is 1. The summed E-state index contributed by atoms with van der Waals surface area (Å²) < 4.78 is 17.7. The molecule has 0 radical (unpaired) electrons. The lowest BCUT2D eigenvalue weighted by Gasteiger charge is -2.42. The van der Waals surface area contributed by atoms with Crippen molar-refractivity contribution in [2.24, 2.45) is 5.92 Å². The summed E-state index contributed by atoms with van der Waals surface area (Å²) in [5, 5.41) is 0. The van der Waals surface area contributed by atoms with E-state index in [-0.39, 0.29) is 11.9 Å². The quantitative estimate of drug-likeness (QED) is 0.280. The van der Waals surface area contributed by atoms with Crippen LogP contribution in [0.4, 0.5) is 5.69 Å². The fraction of sp³-hybridized carbons (Fsp3) is 0.720. The van der Waals surface area contributed by atoms with E-state index in [0.29, 0.717) is 23.2 Å². The smallest absolute Gasteiger partial charge is 0.334 e. The number of nitrogens with zero attached hydrogens (tertiary/aromatic N) is 1. The van der Waals surface area contributed by atoms with Crippen LogP contribution in [0.15, 0.2) is 30.3 Å². The SMILES string of the molecule is CO[Si](C)(CCCN(CC(C)C(=O)O[Si](C(C)C)(C(C)C)C(C)C)c1ccccc1)OC. The molecule has 0 bridgehead atoms. The highest BCUT2D eigenvalue weighted by atomic mass is 28.4. The molecule has 0 N–H and O–H groups in total. The first-order valence-electron chi connectivity index (χ1n) is 12.1. The molecule has 0 saturated heterocycles. The van der Waals surface area contributed by atoms with Gasteiger partial charge in [-0.3, -0.25) is 4.79 Å². The Morgan fingerprint density at radius 3 is 1.84 bits per heavy atom. The topological polar surface area (TPSA) is 48.0 Å². The van der Waals surface area contributed by atoms with E-state index in [0.717, 1.165) is 24.7 Å². The van der Waals surface area contributed by atoms with Crippen LogP contribution >= 0.6 is 0 Å². The van der Waals surface area contributed by atoms with Crippen molar-refractivity contribution >= 4 is 28.5 Å². The molecule has 0 saturated carbocycles. The Morgan fingerprint density at radius 2 is 1.41 bits per heavy atom. The molecule has 0 fully saturated rings. The molecular formula is C25H47NO4Si2. The monoisotopic (exact) mass is 481 g/mol. The largest absolute Gasteiger partial charge is 0.518 e. The van der Waals surface area contributed by atoms with Crippen LogP contribution in [0.5, 0.6) is 0 Å². The first-order valence-corrected chi connectivity index (χ1v) is 16.7. The van der Waals surface area contributed by atoms with Gasteiger partial charge in [0.25, 0.3) is 14.3 Å². The highest BCUT2D eigenvalue weighted by Crippen LogP contribution is 2.42. The van der Waals surface area contributed by atoms with Crippen molar-refractivity contribution in [3.05, 3.63) is 30.3 Å². The summed E-state index contributed by atoms with van der Waals surface area (Å²) in [5.41, 5.74) is 2.28. The lowest BCUT2D eigenvalue weighted by atomic mass is 10.1. The molecule has 0 amide bonds. The molecule has 1 aromatic rings. The number of hydrogen-bond acceptors (Lipinski definition) is 5. The Balaban J connectivity index is 2.97. The molecule has 0 heterocycles. The molecule has 1 atom stereocenters. The number of benzene rings is 1. The zero-order valence-corrected chi connectivity index (χ0v) is 24.1. The van der Waals surface area contributed by atoms with Crippen LogP contribution in [0.3, 0.4) is 0 Å². The molecule has 0 spiro atoms. The van der Waals surface area contributed by atoms with Gasteiger partial charge in [-0.25, -0.2) is 0 Å². The molecule has 7 heteroatoms. The highest BCUT2D eigenvalue weighted by molar-refractivity contribution is 6.78. The lowest BCUT2D eigenvalue weighted by Crippen LogP contribution is -2.50. The number of carbonyl (C=O) groups is 1. The third-order valence-corrected chi connectivity index (χ3v) is 15.9. The first-order chi connectivity index (χ1) is 14.9. The van der Waals surface area contributed by atoms with E-state index in [1.165, 1.54) is 0 Å². The predicted octanol–water partition coefficient (Wildman–Crippen LogP) is 6.60. The van der Waals surface area contributed by atoms with Gasteiger partial charge in [-0.05, 0) is 47.8 Å². The first kappa shape index (κ1) is 28.9. The Hall–Kier alpha value is -1.16. The summed E-state index contributed by atoms with van der Waals surface area (Å²) in [6.45, 7) is 18.9. The summed E-state index contributed by atoms with van der Waals surface area (Å²) in [7, 11) is -0.882. The van der Waals surface area contributed by atoms with Crippen LogP contribution in [0.1, 0.15) is 54.9 Å². The maximum atomic E-state index is 13.3. The van der Waals surface area contributed by atoms with Crippen molar-refractivity contribution in [2.75, 3.05) is 32.2 Å². The second kappa shape index (κ2) is 12.9. The Morgan fingerprint density at radius 1 is 0.906 bits per heavy atom. The van der Waals surface area contributed by atoms with Gasteiger partial charge in [-0.15, -0.1) is 0 Å². The van der Waals surface area contributed by atoms with Crippen LogP contribution < -0.4 is 4.90 Å². The number of hydrogen-bond donors (Lipinski definition) is 0. The van der Waals surface area contributed by atoms with E-state index >= 15 is 0 Å². The van der Waals surface area contributed by atoms with Crippen molar-refractivity contribution in [1.82, 2.24) is 0 Å². The molecule has 0 aliphatic rings. The van der Waals surface area contributed by atoms with E-state index < -0.39 is 16.9 Å². The van der Waals surface area contributed by atoms with Gasteiger partial charge in [-0.2, -0.15) is 0 Å². The Kier molecular flexibility index (Phi) is 11.7. The van der Waals surface area contributed by atoms with Gasteiger partial charge in [0.05, 0.1) is 5.92 Å². The second-order valence-corrected chi connectivity index (χ2v) is 19.0. The molecular weight excluding hydrogens is 434 g/mol. The average Bonchev–Trinajstić information content (AvgIpc) is 2.76. The molecule has 0 aliphatic heterocycles. The standard InChI is InChI=1S/C25H47NO4Si2/c1-20(2)32(21(3)4,22(5)6)30-25(27)23(7)19-26(24-15-12-11-13-16-24)17-14-18-31(10,28-8)29-9/h11-13,15-16,20-23H,14,17-19H2,1-10H3. The predicted molar refractivity (Wildman–Crippen MR) is 140 cm³/mol. The minimum atomic E-state index is -2.24. The second-order valence-electron chi connectivity index (χ2n) is 10.1. The summed E-state index contributed by atoms with van der Waals surface area (Å²) in [4.78, 5) is 15.6. The van der Waals surface area contributed by atoms with Gasteiger partial charge >= 0.3 is 8.56 Å². The average molecular weight is 482 g/mol. The van der Waals surface area contributed by atoms with Crippen LogP contribution in [-0.2, 0) is 18.1 Å².